The maximum absolute atomic E-state index is 12.7. The van der Waals surface area contributed by atoms with Crippen molar-refractivity contribution in [2.24, 2.45) is 5.92 Å². The predicted molar refractivity (Wildman–Crippen MR) is 94.1 cm³/mol. The number of carbonyl (C=O) groups excluding carboxylic acids is 1. The van der Waals surface area contributed by atoms with Crippen molar-refractivity contribution in [1.82, 2.24) is 20.4 Å². The number of hydrogen-bond donors (Lipinski definition) is 2. The molecule has 1 amide bonds. The average Bonchev–Trinajstić information content (AvgIpc) is 2.88. The number of piperidine rings is 2. The summed E-state index contributed by atoms with van der Waals surface area (Å²) >= 11 is 0. The van der Waals surface area contributed by atoms with Gasteiger partial charge in [-0.2, -0.15) is 5.10 Å². The van der Waals surface area contributed by atoms with Crippen LogP contribution in [0.3, 0.4) is 0 Å². The van der Waals surface area contributed by atoms with Gasteiger partial charge in [0, 0.05) is 23.8 Å². The van der Waals surface area contributed by atoms with Crippen LogP contribution >= 0.6 is 0 Å². The first-order valence-corrected chi connectivity index (χ1v) is 9.91. The molecule has 4 rings (SSSR count). The van der Waals surface area contributed by atoms with Crippen LogP contribution in [0, 0.1) is 5.92 Å². The summed E-state index contributed by atoms with van der Waals surface area (Å²) in [7, 11) is 0. The van der Waals surface area contributed by atoms with Crippen LogP contribution in [-0.4, -0.2) is 46.7 Å². The summed E-state index contributed by atoms with van der Waals surface area (Å²) in [6, 6.07) is 0.684. The molecule has 0 unspecified atom stereocenters. The van der Waals surface area contributed by atoms with Crippen LogP contribution in [0.15, 0.2) is 0 Å². The molecule has 1 aromatic heterocycles. The molecule has 3 aliphatic rings. The zero-order valence-corrected chi connectivity index (χ0v) is 14.6. The molecule has 2 fully saturated rings. The third-order valence-corrected chi connectivity index (χ3v) is 6.27. The van der Waals surface area contributed by atoms with E-state index >= 15 is 0 Å². The number of fused-ring (bicyclic) bond motifs is 2. The van der Waals surface area contributed by atoms with Crippen LogP contribution in [0.2, 0.25) is 0 Å². The number of hydrogen-bond acceptors (Lipinski definition) is 3. The van der Waals surface area contributed by atoms with Gasteiger partial charge in [0.25, 0.3) is 5.91 Å². The third kappa shape index (κ3) is 3.23. The Morgan fingerprint density at radius 1 is 1.08 bits per heavy atom. The van der Waals surface area contributed by atoms with Crippen molar-refractivity contribution < 1.29 is 4.79 Å². The summed E-state index contributed by atoms with van der Waals surface area (Å²) in [5, 5.41) is 10.7. The highest BCUT2D eigenvalue weighted by Crippen LogP contribution is 2.30. The van der Waals surface area contributed by atoms with Gasteiger partial charge < -0.3 is 10.2 Å². The molecule has 0 bridgehead atoms. The molecule has 0 saturated carbocycles. The number of nitrogens with zero attached hydrogens (tertiary/aromatic N) is 2. The highest BCUT2D eigenvalue weighted by atomic mass is 16.1. The lowest BCUT2D eigenvalue weighted by Crippen LogP contribution is -2.51. The Balaban J connectivity index is 1.39. The minimum Gasteiger partial charge on any atom is -0.350 e. The van der Waals surface area contributed by atoms with Crippen molar-refractivity contribution in [3.63, 3.8) is 0 Å². The first-order valence-electron chi connectivity index (χ1n) is 9.91. The maximum atomic E-state index is 12.7. The van der Waals surface area contributed by atoms with Gasteiger partial charge in [0.05, 0.1) is 0 Å². The van der Waals surface area contributed by atoms with Crippen LogP contribution in [0.5, 0.6) is 0 Å². The second-order valence-electron chi connectivity index (χ2n) is 7.80. The number of aromatic amines is 1. The normalized spacial score (nSPS) is 27.8. The Hall–Kier alpha value is -1.36. The number of aryl methyl sites for hydroxylation is 1. The van der Waals surface area contributed by atoms with Crippen LogP contribution in [0.25, 0.3) is 0 Å². The monoisotopic (exact) mass is 330 g/mol. The van der Waals surface area contributed by atoms with Gasteiger partial charge in [-0.3, -0.25) is 9.89 Å². The van der Waals surface area contributed by atoms with E-state index in [2.05, 4.69) is 20.4 Å². The standard InChI is InChI=1S/C19H30N4O/c24-19(18-15-8-2-1-3-9-16(15)21-22-18)20-13-14-7-6-12-23-11-5-4-10-17(14)23/h14,17H,1-13H2,(H,20,24)(H,21,22)/t14-,17-/m0/s1. The molecule has 2 N–H and O–H groups in total. The molecule has 1 aromatic rings. The van der Waals surface area contributed by atoms with Crippen molar-refractivity contribution >= 4 is 5.91 Å². The molecule has 132 valence electrons. The fourth-order valence-corrected chi connectivity index (χ4v) is 4.97. The quantitative estimate of drug-likeness (QED) is 0.838. The van der Waals surface area contributed by atoms with Crippen LogP contribution in [0.4, 0.5) is 0 Å². The summed E-state index contributed by atoms with van der Waals surface area (Å²) in [4.78, 5) is 15.3. The van der Waals surface area contributed by atoms with Gasteiger partial charge in [-0.15, -0.1) is 0 Å². The van der Waals surface area contributed by atoms with E-state index in [0.29, 0.717) is 17.7 Å². The Kier molecular flexibility index (Phi) is 4.88. The Morgan fingerprint density at radius 3 is 2.92 bits per heavy atom. The van der Waals surface area contributed by atoms with Gasteiger partial charge in [-0.25, -0.2) is 0 Å². The van der Waals surface area contributed by atoms with Gasteiger partial charge in [0.15, 0.2) is 5.69 Å². The lowest BCUT2D eigenvalue weighted by Gasteiger charge is -2.44. The van der Waals surface area contributed by atoms with Gasteiger partial charge in [0.1, 0.15) is 0 Å². The number of H-pyrrole nitrogens is 1. The summed E-state index contributed by atoms with van der Waals surface area (Å²) in [6.07, 6.45) is 12.2. The fraction of sp³-hybridized carbons (Fsp3) is 0.789. The summed E-state index contributed by atoms with van der Waals surface area (Å²) in [6.45, 7) is 3.31. The molecule has 0 radical (unpaired) electrons. The molecule has 0 aromatic carbocycles. The Bertz CT molecular complexity index is 580. The molecule has 1 aliphatic carbocycles. The summed E-state index contributed by atoms with van der Waals surface area (Å²) in [5.41, 5.74) is 3.02. The van der Waals surface area contributed by atoms with Crippen molar-refractivity contribution in [3.8, 4) is 0 Å². The SMILES string of the molecule is O=C(NC[C@@H]1CCCN2CCCC[C@@H]12)c1n[nH]c2c1CCCCC2. The highest BCUT2D eigenvalue weighted by molar-refractivity contribution is 5.94. The molecule has 2 aliphatic heterocycles. The lowest BCUT2D eigenvalue weighted by molar-refractivity contribution is 0.0575. The maximum Gasteiger partial charge on any atom is 0.272 e. The third-order valence-electron chi connectivity index (χ3n) is 6.27. The zero-order valence-electron chi connectivity index (χ0n) is 14.6. The number of nitrogens with one attached hydrogen (secondary N) is 2. The van der Waals surface area contributed by atoms with Crippen molar-refractivity contribution in [2.45, 2.75) is 70.3 Å². The smallest absolute Gasteiger partial charge is 0.272 e. The fourth-order valence-electron chi connectivity index (χ4n) is 4.97. The van der Waals surface area contributed by atoms with Crippen LogP contribution < -0.4 is 5.32 Å². The molecule has 2 saturated heterocycles. The number of rotatable bonds is 3. The minimum atomic E-state index is 0.0299. The average molecular weight is 330 g/mol. The lowest BCUT2D eigenvalue weighted by atomic mass is 9.83. The molecule has 2 atom stereocenters. The van der Waals surface area contributed by atoms with E-state index in [9.17, 15) is 4.79 Å². The van der Waals surface area contributed by atoms with Gasteiger partial charge in [0.2, 0.25) is 0 Å². The summed E-state index contributed by atoms with van der Waals surface area (Å²) in [5.74, 6) is 0.642. The van der Waals surface area contributed by atoms with Crippen molar-refractivity contribution in [3.05, 3.63) is 17.0 Å². The predicted octanol–water partition coefficient (Wildman–Crippen LogP) is 2.67. The van der Waals surface area contributed by atoms with Gasteiger partial charge in [-0.05, 0) is 70.4 Å². The van der Waals surface area contributed by atoms with E-state index in [1.165, 1.54) is 75.7 Å². The van der Waals surface area contributed by atoms with E-state index in [4.69, 9.17) is 0 Å². The first-order chi connectivity index (χ1) is 11.8. The van der Waals surface area contributed by atoms with E-state index in [1.807, 2.05) is 0 Å². The van der Waals surface area contributed by atoms with Crippen LogP contribution in [-0.2, 0) is 12.8 Å². The minimum absolute atomic E-state index is 0.0299. The summed E-state index contributed by atoms with van der Waals surface area (Å²) < 4.78 is 0. The second-order valence-corrected chi connectivity index (χ2v) is 7.80. The van der Waals surface area contributed by atoms with Crippen LogP contribution in [0.1, 0.15) is 73.1 Å². The molecular formula is C19H30N4O. The molecule has 0 spiro atoms. The van der Waals surface area contributed by atoms with E-state index < -0.39 is 0 Å². The highest BCUT2D eigenvalue weighted by Gasteiger charge is 2.33. The number of amides is 1. The van der Waals surface area contributed by atoms with Crippen molar-refractivity contribution in [1.29, 1.82) is 0 Å². The largest absolute Gasteiger partial charge is 0.350 e. The molecule has 5 nitrogen and oxygen atoms in total. The number of carbonyl (C=O) groups is 1. The molecule has 24 heavy (non-hydrogen) atoms. The van der Waals surface area contributed by atoms with Gasteiger partial charge >= 0.3 is 0 Å². The van der Waals surface area contributed by atoms with Crippen molar-refractivity contribution in [2.75, 3.05) is 19.6 Å². The van der Waals surface area contributed by atoms with E-state index in [1.54, 1.807) is 0 Å². The topological polar surface area (TPSA) is 61.0 Å². The Labute approximate surface area is 144 Å². The number of aromatic nitrogens is 2. The zero-order chi connectivity index (χ0) is 16.4. The Morgan fingerprint density at radius 2 is 1.96 bits per heavy atom. The first kappa shape index (κ1) is 16.1. The molecule has 5 heteroatoms. The van der Waals surface area contributed by atoms with E-state index in [0.717, 1.165) is 19.4 Å². The molecule has 3 heterocycles. The second kappa shape index (κ2) is 7.26. The van der Waals surface area contributed by atoms with Gasteiger partial charge in [-0.1, -0.05) is 12.8 Å². The van der Waals surface area contributed by atoms with E-state index in [-0.39, 0.29) is 5.91 Å². The molecular weight excluding hydrogens is 300 g/mol.